The molecule has 0 atom stereocenters. The smallest absolute Gasteiger partial charge is 0.124 e. The molecule has 0 bridgehead atoms. The molecule has 0 radical (unpaired) electrons. The van der Waals surface area contributed by atoms with E-state index in [2.05, 4.69) is 39.4 Å². The number of aromatic nitrogens is 3. The summed E-state index contributed by atoms with van der Waals surface area (Å²) in [5.41, 5.74) is 6.51. The van der Waals surface area contributed by atoms with Crippen LogP contribution < -0.4 is 0 Å². The maximum absolute atomic E-state index is 13.4. The largest absolute Gasteiger partial charge is 0.354 e. The SMILES string of the molecule is Cn1nc(C2=CCCC=N2)cc1-c1ccc2[nH]c(-c3ccc(F)cc3Cl)cc2c1. The summed E-state index contributed by atoms with van der Waals surface area (Å²) in [7, 11) is 1.94. The van der Waals surface area contributed by atoms with E-state index in [0.717, 1.165) is 57.7 Å². The summed E-state index contributed by atoms with van der Waals surface area (Å²) in [6, 6.07) is 14.8. The second-order valence-electron chi connectivity index (χ2n) is 7.13. The average molecular weight is 405 g/mol. The summed E-state index contributed by atoms with van der Waals surface area (Å²) in [5.74, 6) is -0.346. The molecule has 1 N–H and O–H groups in total. The van der Waals surface area contributed by atoms with Crippen LogP contribution in [0.4, 0.5) is 4.39 Å². The monoisotopic (exact) mass is 404 g/mol. The molecule has 5 rings (SSSR count). The molecule has 0 amide bonds. The Balaban J connectivity index is 1.55. The van der Waals surface area contributed by atoms with E-state index in [0.29, 0.717) is 5.02 Å². The zero-order valence-electron chi connectivity index (χ0n) is 15.8. The van der Waals surface area contributed by atoms with Crippen LogP contribution >= 0.6 is 11.6 Å². The lowest BCUT2D eigenvalue weighted by Crippen LogP contribution is -1.95. The molecule has 1 aliphatic rings. The van der Waals surface area contributed by atoms with Gasteiger partial charge in [0.1, 0.15) is 11.5 Å². The lowest BCUT2D eigenvalue weighted by Gasteiger charge is -2.01. The van der Waals surface area contributed by atoms with Crippen molar-refractivity contribution in [1.82, 2.24) is 14.8 Å². The molecule has 2 aromatic carbocycles. The lowest BCUT2D eigenvalue weighted by atomic mass is 10.1. The normalized spacial score (nSPS) is 13.8. The predicted molar refractivity (Wildman–Crippen MR) is 117 cm³/mol. The van der Waals surface area contributed by atoms with E-state index in [1.807, 2.05) is 30.1 Å². The number of hydrogen-bond acceptors (Lipinski definition) is 2. The Labute approximate surface area is 172 Å². The van der Waals surface area contributed by atoms with Crippen molar-refractivity contribution >= 4 is 34.4 Å². The first-order chi connectivity index (χ1) is 14.1. The van der Waals surface area contributed by atoms with E-state index in [1.54, 1.807) is 6.07 Å². The van der Waals surface area contributed by atoms with Crippen LogP contribution in [-0.2, 0) is 7.05 Å². The molecule has 4 nitrogen and oxygen atoms in total. The van der Waals surface area contributed by atoms with Gasteiger partial charge in [-0.1, -0.05) is 23.7 Å². The molecule has 0 aliphatic carbocycles. The highest BCUT2D eigenvalue weighted by atomic mass is 35.5. The van der Waals surface area contributed by atoms with Crippen LogP contribution in [0, 0.1) is 5.82 Å². The predicted octanol–water partition coefficient (Wildman–Crippen LogP) is 6.23. The van der Waals surface area contributed by atoms with Gasteiger partial charge >= 0.3 is 0 Å². The number of aromatic amines is 1. The van der Waals surface area contributed by atoms with Crippen molar-refractivity contribution in [3.05, 3.63) is 71.1 Å². The summed E-state index contributed by atoms with van der Waals surface area (Å²) in [6.07, 6.45) is 6.04. The fourth-order valence-electron chi connectivity index (χ4n) is 3.69. The van der Waals surface area contributed by atoms with Gasteiger partial charge < -0.3 is 4.98 Å². The van der Waals surface area contributed by atoms with Crippen molar-refractivity contribution in [2.45, 2.75) is 12.8 Å². The van der Waals surface area contributed by atoms with Crippen molar-refractivity contribution in [1.29, 1.82) is 0 Å². The minimum absolute atomic E-state index is 0.346. The van der Waals surface area contributed by atoms with Gasteiger partial charge in [-0.25, -0.2) is 4.39 Å². The Hall–Kier alpha value is -3.18. The molecule has 4 aromatic rings. The Morgan fingerprint density at radius 1 is 1.07 bits per heavy atom. The van der Waals surface area contributed by atoms with Gasteiger partial charge in [0.2, 0.25) is 0 Å². The van der Waals surface area contributed by atoms with Gasteiger partial charge in [0, 0.05) is 41.0 Å². The molecule has 0 unspecified atom stereocenters. The van der Waals surface area contributed by atoms with Crippen molar-refractivity contribution in [3.8, 4) is 22.5 Å². The Morgan fingerprint density at radius 3 is 2.76 bits per heavy atom. The van der Waals surface area contributed by atoms with Gasteiger partial charge in [-0.2, -0.15) is 5.10 Å². The van der Waals surface area contributed by atoms with Crippen molar-refractivity contribution in [2.24, 2.45) is 12.0 Å². The Kier molecular flexibility index (Phi) is 4.32. The molecule has 0 saturated carbocycles. The van der Waals surface area contributed by atoms with Crippen LogP contribution in [0.15, 0.2) is 59.6 Å². The first kappa shape index (κ1) is 17.9. The summed E-state index contributed by atoms with van der Waals surface area (Å²) >= 11 is 6.23. The minimum atomic E-state index is -0.346. The maximum atomic E-state index is 13.4. The third-order valence-corrected chi connectivity index (χ3v) is 5.46. The fourth-order valence-corrected chi connectivity index (χ4v) is 3.96. The topological polar surface area (TPSA) is 46.0 Å². The van der Waals surface area contributed by atoms with Crippen LogP contribution in [0.5, 0.6) is 0 Å². The molecule has 1 aliphatic heterocycles. The number of halogens is 2. The van der Waals surface area contributed by atoms with Crippen molar-refractivity contribution in [2.75, 3.05) is 0 Å². The molecular weight excluding hydrogens is 387 g/mol. The molecule has 2 aromatic heterocycles. The third kappa shape index (κ3) is 3.28. The second kappa shape index (κ2) is 7.01. The molecule has 3 heterocycles. The summed E-state index contributed by atoms with van der Waals surface area (Å²) in [6.45, 7) is 0. The number of hydrogen-bond donors (Lipinski definition) is 1. The first-order valence-corrected chi connectivity index (χ1v) is 9.82. The fraction of sp³-hybridized carbons (Fsp3) is 0.130. The number of aryl methyl sites for hydroxylation is 1. The molecule has 0 saturated heterocycles. The molecule has 6 heteroatoms. The molecule has 144 valence electrons. The van der Waals surface area contributed by atoms with Gasteiger partial charge in [-0.15, -0.1) is 0 Å². The van der Waals surface area contributed by atoms with Crippen LogP contribution in [0.2, 0.25) is 5.02 Å². The number of fused-ring (bicyclic) bond motifs is 1. The van der Waals surface area contributed by atoms with Crippen LogP contribution in [-0.4, -0.2) is 21.0 Å². The first-order valence-electron chi connectivity index (χ1n) is 9.44. The van der Waals surface area contributed by atoms with E-state index >= 15 is 0 Å². The van der Waals surface area contributed by atoms with Crippen molar-refractivity contribution in [3.63, 3.8) is 0 Å². The zero-order chi connectivity index (χ0) is 20.0. The third-order valence-electron chi connectivity index (χ3n) is 5.14. The van der Waals surface area contributed by atoms with Crippen LogP contribution in [0.1, 0.15) is 18.5 Å². The molecule has 0 fully saturated rings. The maximum Gasteiger partial charge on any atom is 0.124 e. The van der Waals surface area contributed by atoms with E-state index in [-0.39, 0.29) is 5.82 Å². The quantitative estimate of drug-likeness (QED) is 0.432. The van der Waals surface area contributed by atoms with Crippen molar-refractivity contribution < 1.29 is 4.39 Å². The number of nitrogens with one attached hydrogen (secondary N) is 1. The highest BCUT2D eigenvalue weighted by Crippen LogP contribution is 2.33. The lowest BCUT2D eigenvalue weighted by molar-refractivity contribution is 0.628. The van der Waals surface area contributed by atoms with Gasteiger partial charge in [0.15, 0.2) is 0 Å². The number of H-pyrrole nitrogens is 1. The molecule has 29 heavy (non-hydrogen) atoms. The van der Waals surface area contributed by atoms with E-state index in [9.17, 15) is 4.39 Å². The standard InChI is InChI=1S/C23H18ClFN4/c1-29-23(13-22(28-29)20-4-2-3-9-26-20)14-5-8-19-15(10-14)11-21(27-19)17-7-6-16(25)12-18(17)24/h4-13,27H,2-3H2,1H3. The van der Waals surface area contributed by atoms with Crippen LogP contribution in [0.25, 0.3) is 39.1 Å². The summed E-state index contributed by atoms with van der Waals surface area (Å²) in [5, 5.41) is 6.07. The Morgan fingerprint density at radius 2 is 1.97 bits per heavy atom. The van der Waals surface area contributed by atoms with Gasteiger partial charge in [0.05, 0.1) is 16.4 Å². The molecule has 0 spiro atoms. The van der Waals surface area contributed by atoms with Gasteiger partial charge in [-0.05, 0) is 55.3 Å². The van der Waals surface area contributed by atoms with Gasteiger partial charge in [0.25, 0.3) is 0 Å². The number of allylic oxidation sites excluding steroid dienone is 1. The Bertz CT molecular complexity index is 1300. The molecular formula is C23H18ClFN4. The minimum Gasteiger partial charge on any atom is -0.354 e. The average Bonchev–Trinajstić information content (AvgIpc) is 3.31. The zero-order valence-corrected chi connectivity index (χ0v) is 16.5. The van der Waals surface area contributed by atoms with Gasteiger partial charge in [-0.3, -0.25) is 9.67 Å². The summed E-state index contributed by atoms with van der Waals surface area (Å²) < 4.78 is 15.2. The van der Waals surface area contributed by atoms with Crippen LogP contribution in [0.3, 0.4) is 0 Å². The van der Waals surface area contributed by atoms with E-state index < -0.39 is 0 Å². The highest BCUT2D eigenvalue weighted by Gasteiger charge is 2.14. The van der Waals surface area contributed by atoms with E-state index in [4.69, 9.17) is 11.6 Å². The summed E-state index contributed by atoms with van der Waals surface area (Å²) in [4.78, 5) is 7.83. The second-order valence-corrected chi connectivity index (χ2v) is 7.53. The highest BCUT2D eigenvalue weighted by molar-refractivity contribution is 6.33. The number of rotatable bonds is 3. The van der Waals surface area contributed by atoms with E-state index in [1.165, 1.54) is 12.1 Å². The number of aliphatic imine (C=N–C) groups is 1. The number of nitrogens with zero attached hydrogens (tertiary/aromatic N) is 3. The number of benzene rings is 2.